The Balaban J connectivity index is 1.49. The Bertz CT molecular complexity index is 3050. The summed E-state index contributed by atoms with van der Waals surface area (Å²) < 4.78 is 6.95. The maximum absolute atomic E-state index is 10.5. The van der Waals surface area contributed by atoms with E-state index in [0.29, 0.717) is 11.1 Å². The van der Waals surface area contributed by atoms with E-state index in [-0.39, 0.29) is 0 Å². The Labute approximate surface area is 280 Å². The van der Waals surface area contributed by atoms with E-state index in [1.807, 2.05) is 42.5 Å². The van der Waals surface area contributed by atoms with Gasteiger partial charge in [-0.2, -0.15) is 10.5 Å². The molecule has 3 aromatic heterocycles. The lowest BCUT2D eigenvalue weighted by molar-refractivity contribution is 1.17. The van der Waals surface area contributed by atoms with Crippen molar-refractivity contribution >= 4 is 65.4 Å². The number of nitrogens with zero attached hydrogens (tertiary/aromatic N) is 5. The molecule has 0 fully saturated rings. The highest BCUT2D eigenvalue weighted by Gasteiger charge is 2.25. The molecule has 0 aliphatic rings. The Kier molecular flexibility index (Phi) is 5.64. The quantitative estimate of drug-likeness (QED) is 0.197. The molecule has 0 aliphatic heterocycles. The first-order valence-electron chi connectivity index (χ1n) is 16.2. The van der Waals surface area contributed by atoms with Crippen LogP contribution in [0.25, 0.3) is 82.5 Å². The summed E-state index contributed by atoms with van der Waals surface area (Å²) in [4.78, 5) is 0. The normalized spacial score (nSPS) is 11.6. The highest BCUT2D eigenvalue weighted by atomic mass is 15.0. The smallest absolute Gasteiger partial charge is 0.0999 e. The van der Waals surface area contributed by atoms with Crippen LogP contribution in [0.4, 0.5) is 0 Å². The second-order valence-electron chi connectivity index (χ2n) is 12.4. The Hall–Kier alpha value is -7.08. The fraction of sp³-hybridized carbons (Fsp3) is 0. The van der Waals surface area contributed by atoms with Crippen molar-refractivity contribution in [2.24, 2.45) is 0 Å². The number of benzene rings is 7. The fourth-order valence-electron chi connectivity index (χ4n) is 7.96. The van der Waals surface area contributed by atoms with Gasteiger partial charge in [-0.1, -0.05) is 78.9 Å². The number of fused-ring (bicyclic) bond motifs is 11. The van der Waals surface area contributed by atoms with E-state index in [2.05, 4.69) is 135 Å². The van der Waals surface area contributed by atoms with Crippen molar-refractivity contribution in [3.63, 3.8) is 0 Å². The third-order valence-corrected chi connectivity index (χ3v) is 9.86. The average molecular weight is 624 g/mol. The van der Waals surface area contributed by atoms with Crippen LogP contribution in [0.2, 0.25) is 0 Å². The highest BCUT2D eigenvalue weighted by molar-refractivity contribution is 6.32. The molecule has 0 radical (unpaired) electrons. The summed E-state index contributed by atoms with van der Waals surface area (Å²) in [6.07, 6.45) is 0. The first kappa shape index (κ1) is 27.1. The topological polar surface area (TPSA) is 62.4 Å². The first-order valence-corrected chi connectivity index (χ1v) is 16.2. The summed E-state index contributed by atoms with van der Waals surface area (Å²) in [7, 11) is 0. The Morgan fingerprint density at radius 3 is 1.63 bits per heavy atom. The van der Waals surface area contributed by atoms with Crippen LogP contribution in [0.3, 0.4) is 0 Å². The third kappa shape index (κ3) is 3.67. The van der Waals surface area contributed by atoms with Crippen LogP contribution in [-0.2, 0) is 0 Å². The number of para-hydroxylation sites is 3. The van der Waals surface area contributed by atoms with Crippen LogP contribution in [0.15, 0.2) is 152 Å². The minimum absolute atomic E-state index is 0.584. The lowest BCUT2D eigenvalue weighted by Crippen LogP contribution is -1.96. The maximum Gasteiger partial charge on any atom is 0.0999 e. The predicted molar refractivity (Wildman–Crippen MR) is 199 cm³/mol. The van der Waals surface area contributed by atoms with E-state index in [1.165, 1.54) is 10.8 Å². The Morgan fingerprint density at radius 2 is 0.918 bits per heavy atom. The molecular formula is C44H25N5. The number of hydrogen-bond donors (Lipinski definition) is 0. The number of rotatable bonds is 3. The molecule has 0 atom stereocenters. The first-order chi connectivity index (χ1) is 24.3. The molecule has 49 heavy (non-hydrogen) atoms. The maximum atomic E-state index is 10.5. The summed E-state index contributed by atoms with van der Waals surface area (Å²) in [6.45, 7) is 0. The summed E-state index contributed by atoms with van der Waals surface area (Å²) in [5.74, 6) is 0. The van der Waals surface area contributed by atoms with Crippen LogP contribution < -0.4 is 0 Å². The van der Waals surface area contributed by atoms with Gasteiger partial charge < -0.3 is 13.7 Å². The number of hydrogen-bond acceptors (Lipinski definition) is 2. The highest BCUT2D eigenvalue weighted by Crippen LogP contribution is 2.46. The minimum atomic E-state index is 0.584. The molecular weight excluding hydrogens is 599 g/mol. The lowest BCUT2D eigenvalue weighted by atomic mass is 10.0. The van der Waals surface area contributed by atoms with Gasteiger partial charge in [-0.15, -0.1) is 0 Å². The van der Waals surface area contributed by atoms with E-state index in [1.54, 1.807) is 0 Å². The van der Waals surface area contributed by atoms with Crippen molar-refractivity contribution in [1.29, 1.82) is 10.5 Å². The van der Waals surface area contributed by atoms with E-state index in [9.17, 15) is 10.5 Å². The molecule has 0 unspecified atom stereocenters. The fourth-order valence-corrected chi connectivity index (χ4v) is 7.96. The van der Waals surface area contributed by atoms with Gasteiger partial charge in [-0.05, 0) is 72.8 Å². The third-order valence-electron chi connectivity index (χ3n) is 9.86. The molecule has 0 spiro atoms. The van der Waals surface area contributed by atoms with Gasteiger partial charge in [0.15, 0.2) is 0 Å². The second-order valence-corrected chi connectivity index (χ2v) is 12.4. The summed E-state index contributed by atoms with van der Waals surface area (Å²) in [5.41, 5.74) is 10.6. The molecule has 0 saturated carbocycles. The van der Waals surface area contributed by atoms with Crippen molar-refractivity contribution in [2.45, 2.75) is 0 Å². The van der Waals surface area contributed by atoms with Crippen molar-refractivity contribution in [3.8, 4) is 29.2 Å². The molecule has 3 heterocycles. The van der Waals surface area contributed by atoms with Gasteiger partial charge in [-0.3, -0.25) is 0 Å². The molecule has 5 nitrogen and oxygen atoms in total. The minimum Gasteiger partial charge on any atom is -0.309 e. The monoisotopic (exact) mass is 623 g/mol. The van der Waals surface area contributed by atoms with Gasteiger partial charge in [0.25, 0.3) is 0 Å². The Morgan fingerprint density at radius 1 is 0.367 bits per heavy atom. The van der Waals surface area contributed by atoms with Crippen LogP contribution in [0, 0.1) is 22.7 Å². The number of aromatic nitrogens is 3. The van der Waals surface area contributed by atoms with Gasteiger partial charge >= 0.3 is 0 Å². The lowest BCUT2D eigenvalue weighted by Gasteiger charge is -2.11. The molecule has 5 heteroatoms. The molecule has 0 aliphatic carbocycles. The van der Waals surface area contributed by atoms with Crippen molar-refractivity contribution in [3.05, 3.63) is 163 Å². The SMILES string of the molecule is N#Cc1cccc(-n2c3cccc(C#N)c3c3c2ccc2c4ccc5c(c6ccccc6n5-c5ccccc5)c4n(-c4ccccc4)c23)c1. The predicted octanol–water partition coefficient (Wildman–Crippen LogP) is 10.7. The second kappa shape index (κ2) is 10.2. The average Bonchev–Trinajstić information content (AvgIpc) is 3.81. The zero-order valence-electron chi connectivity index (χ0n) is 26.2. The van der Waals surface area contributed by atoms with Gasteiger partial charge in [0.1, 0.15) is 0 Å². The van der Waals surface area contributed by atoms with Crippen LogP contribution in [-0.4, -0.2) is 13.7 Å². The zero-order chi connectivity index (χ0) is 32.6. The molecule has 226 valence electrons. The molecule has 7 aromatic carbocycles. The molecule has 0 bridgehead atoms. The van der Waals surface area contributed by atoms with E-state index >= 15 is 0 Å². The standard InChI is InChI=1S/C44H25N5/c45-26-28-11-9-17-32(25-28)48-37-20-10-12-29(27-46)40(37)42-39(48)24-22-34-33-21-23-38-41(43(33)49(44(34)42)31-15-5-2-6-16-31)35-18-7-8-19-36(35)47(38)30-13-3-1-4-14-30/h1-25H. The van der Waals surface area contributed by atoms with E-state index in [0.717, 1.165) is 71.7 Å². The van der Waals surface area contributed by atoms with Crippen LogP contribution in [0.5, 0.6) is 0 Å². The molecule has 0 saturated heterocycles. The molecule has 10 rings (SSSR count). The van der Waals surface area contributed by atoms with Gasteiger partial charge in [0.2, 0.25) is 0 Å². The zero-order valence-corrected chi connectivity index (χ0v) is 26.2. The number of nitriles is 2. The largest absolute Gasteiger partial charge is 0.309 e. The molecule has 0 amide bonds. The van der Waals surface area contributed by atoms with Crippen molar-refractivity contribution in [2.75, 3.05) is 0 Å². The summed E-state index contributed by atoms with van der Waals surface area (Å²) >= 11 is 0. The van der Waals surface area contributed by atoms with Crippen LogP contribution >= 0.6 is 0 Å². The molecule has 10 aromatic rings. The summed E-state index contributed by atoms with van der Waals surface area (Å²) in [6, 6.07) is 57.0. The van der Waals surface area contributed by atoms with E-state index < -0.39 is 0 Å². The van der Waals surface area contributed by atoms with Gasteiger partial charge in [-0.25, -0.2) is 0 Å². The van der Waals surface area contributed by atoms with Gasteiger partial charge in [0, 0.05) is 49.4 Å². The molecule has 0 N–H and O–H groups in total. The van der Waals surface area contributed by atoms with Crippen molar-refractivity contribution < 1.29 is 0 Å². The summed E-state index contributed by atoms with van der Waals surface area (Å²) in [5, 5.41) is 26.8. The van der Waals surface area contributed by atoms with E-state index in [4.69, 9.17) is 0 Å². The van der Waals surface area contributed by atoms with Crippen molar-refractivity contribution in [1.82, 2.24) is 13.7 Å². The van der Waals surface area contributed by atoms with Gasteiger partial charge in [0.05, 0.1) is 56.4 Å². The van der Waals surface area contributed by atoms with Crippen LogP contribution in [0.1, 0.15) is 11.1 Å².